The minimum Gasteiger partial charge on any atom is -0.444 e. The average molecular weight is 645 g/mol. The molecule has 3 aliphatic rings. The summed E-state index contributed by atoms with van der Waals surface area (Å²) in [6.45, 7) is 17.0. The molecule has 4 rings (SSSR count). The van der Waals surface area contributed by atoms with Crippen LogP contribution in [0.3, 0.4) is 0 Å². The standard InChI is InChI=1S/C34H60N8O4/c1-33(2,3)45-31(43)41(26-11-8-7-9-12-26)19-10-20-42(32(44)46-34(4,5)6)27-15-13-25(14-16-27)24-37-30-38-28(35)23-29(39-30)40-21-17-36-18-22-40/h23,25-27,36H,7-22,24H2,1-6H3,(H3,35,37,38,39)/t25-,27-. The molecule has 0 bridgehead atoms. The van der Waals surface area contributed by atoms with Gasteiger partial charge in [-0.05, 0) is 92.4 Å². The van der Waals surface area contributed by atoms with Gasteiger partial charge in [-0.15, -0.1) is 0 Å². The summed E-state index contributed by atoms with van der Waals surface area (Å²) >= 11 is 0. The Balaban J connectivity index is 1.34. The van der Waals surface area contributed by atoms with E-state index in [9.17, 15) is 9.59 Å². The lowest BCUT2D eigenvalue weighted by Crippen LogP contribution is -2.48. The molecule has 260 valence electrons. The zero-order chi connectivity index (χ0) is 33.3. The van der Waals surface area contributed by atoms with Crippen LogP contribution < -0.4 is 21.3 Å². The van der Waals surface area contributed by atoms with Gasteiger partial charge in [-0.2, -0.15) is 9.97 Å². The van der Waals surface area contributed by atoms with Crippen molar-refractivity contribution in [3.63, 3.8) is 0 Å². The van der Waals surface area contributed by atoms with E-state index in [1.165, 1.54) is 6.42 Å². The largest absolute Gasteiger partial charge is 0.444 e. The van der Waals surface area contributed by atoms with E-state index in [1.807, 2.05) is 57.4 Å². The fourth-order valence-corrected chi connectivity index (χ4v) is 6.77. The highest BCUT2D eigenvalue weighted by molar-refractivity contribution is 5.69. The van der Waals surface area contributed by atoms with E-state index in [1.54, 1.807) is 0 Å². The first-order chi connectivity index (χ1) is 21.8. The van der Waals surface area contributed by atoms with Crippen molar-refractivity contribution in [1.29, 1.82) is 0 Å². The van der Waals surface area contributed by atoms with Gasteiger partial charge in [0, 0.05) is 64.0 Å². The fraction of sp³-hybridized carbons (Fsp3) is 0.824. The summed E-state index contributed by atoms with van der Waals surface area (Å²) in [5.74, 6) is 2.34. The minimum absolute atomic E-state index is 0.0960. The highest BCUT2D eigenvalue weighted by Crippen LogP contribution is 2.30. The molecule has 2 amide bonds. The van der Waals surface area contributed by atoms with Gasteiger partial charge in [0.05, 0.1) is 0 Å². The Hall–Kier alpha value is -3.02. The van der Waals surface area contributed by atoms with Crippen molar-refractivity contribution in [3.05, 3.63) is 6.07 Å². The molecule has 12 heteroatoms. The van der Waals surface area contributed by atoms with Gasteiger partial charge in [-0.1, -0.05) is 19.3 Å². The lowest BCUT2D eigenvalue weighted by molar-refractivity contribution is 0.00470. The Bertz CT molecular complexity index is 1120. The van der Waals surface area contributed by atoms with Crippen molar-refractivity contribution in [2.45, 2.75) is 129 Å². The van der Waals surface area contributed by atoms with Crippen molar-refractivity contribution in [2.24, 2.45) is 5.92 Å². The van der Waals surface area contributed by atoms with Gasteiger partial charge in [0.15, 0.2) is 0 Å². The highest BCUT2D eigenvalue weighted by Gasteiger charge is 2.33. The van der Waals surface area contributed by atoms with E-state index in [0.717, 1.165) is 89.9 Å². The first-order valence-corrected chi connectivity index (χ1v) is 17.6. The van der Waals surface area contributed by atoms with Crippen LogP contribution in [0.5, 0.6) is 0 Å². The molecule has 12 nitrogen and oxygen atoms in total. The summed E-state index contributed by atoms with van der Waals surface area (Å²) in [5.41, 5.74) is 5.00. The van der Waals surface area contributed by atoms with E-state index in [4.69, 9.17) is 20.2 Å². The smallest absolute Gasteiger partial charge is 0.410 e. The number of carbonyl (C=O) groups excluding carboxylic acids is 2. The number of anilines is 3. The van der Waals surface area contributed by atoms with Crippen LogP contribution in [-0.2, 0) is 9.47 Å². The molecule has 0 atom stereocenters. The van der Waals surface area contributed by atoms with E-state index in [2.05, 4.69) is 20.5 Å². The summed E-state index contributed by atoms with van der Waals surface area (Å²) in [6.07, 6.45) is 9.40. The van der Waals surface area contributed by atoms with Crippen molar-refractivity contribution < 1.29 is 19.1 Å². The van der Waals surface area contributed by atoms with Crippen molar-refractivity contribution >= 4 is 29.8 Å². The maximum Gasteiger partial charge on any atom is 0.410 e. The van der Waals surface area contributed by atoms with Crippen molar-refractivity contribution in [1.82, 2.24) is 25.1 Å². The molecule has 0 spiro atoms. The molecule has 1 aromatic heterocycles. The maximum atomic E-state index is 13.5. The van der Waals surface area contributed by atoms with Gasteiger partial charge in [0.25, 0.3) is 0 Å². The number of carbonyl (C=O) groups is 2. The Morgan fingerprint density at radius 3 is 1.96 bits per heavy atom. The van der Waals surface area contributed by atoms with Crippen molar-refractivity contribution in [2.75, 3.05) is 61.8 Å². The third-order valence-electron chi connectivity index (χ3n) is 9.05. The average Bonchev–Trinajstić information content (AvgIpc) is 2.99. The summed E-state index contributed by atoms with van der Waals surface area (Å²) in [4.78, 5) is 42.0. The molecule has 4 N–H and O–H groups in total. The van der Waals surface area contributed by atoms with Crippen LogP contribution in [0.15, 0.2) is 6.07 Å². The first-order valence-electron chi connectivity index (χ1n) is 17.6. The number of hydrogen-bond acceptors (Lipinski definition) is 10. The summed E-state index contributed by atoms with van der Waals surface area (Å²) in [5, 5.41) is 6.81. The molecule has 1 saturated heterocycles. The zero-order valence-corrected chi connectivity index (χ0v) is 29.3. The van der Waals surface area contributed by atoms with E-state index in [-0.39, 0.29) is 24.3 Å². The second-order valence-electron chi connectivity index (χ2n) is 15.3. The quantitative estimate of drug-likeness (QED) is 0.294. The number of amides is 2. The second kappa shape index (κ2) is 16.2. The minimum atomic E-state index is -0.581. The number of piperazine rings is 1. The monoisotopic (exact) mass is 644 g/mol. The molecule has 3 fully saturated rings. The Morgan fingerprint density at radius 2 is 1.41 bits per heavy atom. The summed E-state index contributed by atoms with van der Waals surface area (Å²) in [6, 6.07) is 2.13. The van der Waals surface area contributed by atoms with Crippen molar-refractivity contribution in [3.8, 4) is 0 Å². The van der Waals surface area contributed by atoms with Crippen LogP contribution in [0.2, 0.25) is 0 Å². The lowest BCUT2D eigenvalue weighted by atomic mass is 9.85. The molecule has 1 aliphatic heterocycles. The number of nitrogens with one attached hydrogen (secondary N) is 2. The molecule has 0 radical (unpaired) electrons. The van der Waals surface area contributed by atoms with Gasteiger partial charge < -0.3 is 40.5 Å². The van der Waals surface area contributed by atoms with Crippen LogP contribution in [-0.4, -0.2) is 101 Å². The molecular formula is C34H60N8O4. The first kappa shape index (κ1) is 35.8. The molecule has 0 aromatic carbocycles. The molecule has 46 heavy (non-hydrogen) atoms. The van der Waals surface area contributed by atoms with Gasteiger partial charge in [0.1, 0.15) is 22.8 Å². The number of ether oxygens (including phenoxy) is 2. The van der Waals surface area contributed by atoms with Gasteiger partial charge in [0.2, 0.25) is 5.95 Å². The third-order valence-corrected chi connectivity index (χ3v) is 9.05. The lowest BCUT2D eigenvalue weighted by Gasteiger charge is -2.39. The van der Waals surface area contributed by atoms with Gasteiger partial charge >= 0.3 is 12.2 Å². The molecule has 2 heterocycles. The zero-order valence-electron chi connectivity index (χ0n) is 29.3. The summed E-state index contributed by atoms with van der Waals surface area (Å²) in [7, 11) is 0. The topological polar surface area (TPSA) is 138 Å². The number of nitrogens with zero attached hydrogens (tertiary/aromatic N) is 5. The molecule has 0 unspecified atom stereocenters. The normalized spacial score (nSPS) is 21.4. The highest BCUT2D eigenvalue weighted by atomic mass is 16.6. The molecule has 1 aromatic rings. The molecule has 2 aliphatic carbocycles. The van der Waals surface area contributed by atoms with E-state index < -0.39 is 11.2 Å². The fourth-order valence-electron chi connectivity index (χ4n) is 6.77. The predicted octanol–water partition coefficient (Wildman–Crippen LogP) is 5.64. The van der Waals surface area contributed by atoms with E-state index >= 15 is 0 Å². The van der Waals surface area contributed by atoms with Crippen LogP contribution in [0.25, 0.3) is 0 Å². The van der Waals surface area contributed by atoms with Gasteiger partial charge in [-0.25, -0.2) is 9.59 Å². The summed E-state index contributed by atoms with van der Waals surface area (Å²) < 4.78 is 11.7. The maximum absolute atomic E-state index is 13.5. The number of rotatable bonds is 10. The van der Waals surface area contributed by atoms with Crippen LogP contribution in [0.1, 0.15) is 106 Å². The number of nitrogen functional groups attached to an aromatic ring is 1. The number of aromatic nitrogens is 2. The van der Waals surface area contributed by atoms with Gasteiger partial charge in [-0.3, -0.25) is 0 Å². The predicted molar refractivity (Wildman–Crippen MR) is 183 cm³/mol. The Morgan fingerprint density at radius 1 is 0.870 bits per heavy atom. The van der Waals surface area contributed by atoms with Crippen LogP contribution in [0, 0.1) is 5.92 Å². The number of nitrogens with two attached hydrogens (primary N) is 1. The van der Waals surface area contributed by atoms with Crippen LogP contribution in [0.4, 0.5) is 27.2 Å². The Labute approximate surface area is 276 Å². The number of hydrogen-bond donors (Lipinski definition) is 3. The van der Waals surface area contributed by atoms with Crippen LogP contribution >= 0.6 is 0 Å². The third kappa shape index (κ3) is 11.3. The van der Waals surface area contributed by atoms with E-state index in [0.29, 0.717) is 37.2 Å². The Kier molecular flexibility index (Phi) is 12.6. The second-order valence-corrected chi connectivity index (χ2v) is 15.3. The SMILES string of the molecule is CC(C)(C)OC(=O)N(CCCN(C(=O)OC(C)(C)C)[C@H]1CC[C@H](CNc2nc(N)cc(N3CCNCC3)n2)CC1)C1CCCCC1. The molecular weight excluding hydrogens is 584 g/mol. The molecule has 2 saturated carbocycles.